The standard InChI is InChI=1S/F2HNS.Li.H/c1-4(2)3;;/h3H;;/q;+1;-1. The van der Waals surface area contributed by atoms with Gasteiger partial charge in [-0.15, -0.1) is 7.77 Å². The zero-order chi connectivity index (χ0) is 3.58. The van der Waals surface area contributed by atoms with Gasteiger partial charge in [0, 0.05) is 0 Å². The second kappa shape index (κ2) is 4.61. The molecule has 0 aliphatic heterocycles. The van der Waals surface area contributed by atoms with Gasteiger partial charge in [-0.1, -0.05) is 0 Å². The monoisotopic (exact) mass is 93.0 g/mol. The fourth-order valence-electron chi connectivity index (χ4n) is 0. The van der Waals surface area contributed by atoms with Crippen LogP contribution in [0.3, 0.4) is 0 Å². The zero-order valence-corrected chi connectivity index (χ0v) is 3.48. The summed E-state index contributed by atoms with van der Waals surface area (Å²) in [4.78, 5) is 0. The smallest absolute Gasteiger partial charge is 1.00 e. The first kappa shape index (κ1) is 9.15. The van der Waals surface area contributed by atoms with Crippen molar-refractivity contribution in [3.05, 3.63) is 0 Å². The summed E-state index contributed by atoms with van der Waals surface area (Å²) < 4.78 is 25.3. The molecule has 0 aromatic carbocycles. The minimum absolute atomic E-state index is 0. The molecule has 0 fully saturated rings. The molecular formula is H2F2LiNS. The summed E-state index contributed by atoms with van der Waals surface area (Å²) in [6, 6.07) is 0. The topological polar surface area (TPSA) is 23.9 Å². The van der Waals surface area contributed by atoms with Crippen LogP contribution in [0.2, 0.25) is 0 Å². The minimum Gasteiger partial charge on any atom is -1.00 e. The average molecular weight is 93.0 g/mol. The Balaban J connectivity index is -0.0000000450. The van der Waals surface area contributed by atoms with Gasteiger partial charge in [0.15, 0.2) is 0 Å². The molecule has 0 atom stereocenters. The van der Waals surface area contributed by atoms with E-state index in [1.54, 1.807) is 0 Å². The molecule has 1 nitrogen and oxygen atoms in total. The van der Waals surface area contributed by atoms with Gasteiger partial charge >= 0.3 is 18.9 Å². The molecule has 0 spiro atoms. The van der Waals surface area contributed by atoms with Crippen LogP contribution in [0.4, 0.5) is 7.77 Å². The Bertz CT molecular complexity index is 36.5. The van der Waals surface area contributed by atoms with Gasteiger partial charge in [-0.05, 0) is 0 Å². The first-order valence-corrected chi connectivity index (χ1v) is 1.54. The molecule has 0 aromatic rings. The van der Waals surface area contributed by atoms with Gasteiger partial charge in [0.2, 0.25) is 0 Å². The number of hydrogen-bond donors (Lipinski definition) is 1. The van der Waals surface area contributed by atoms with E-state index in [9.17, 15) is 7.77 Å². The van der Waals surface area contributed by atoms with Crippen LogP contribution in [0.25, 0.3) is 0 Å². The average Bonchev–Trinajstić information content (AvgIpc) is 0.811. The van der Waals surface area contributed by atoms with Crippen molar-refractivity contribution in [2.24, 2.45) is 0 Å². The van der Waals surface area contributed by atoms with E-state index in [1.165, 1.54) is 0 Å². The predicted octanol–water partition coefficient (Wildman–Crippen LogP) is -1.75. The van der Waals surface area contributed by atoms with Crippen molar-refractivity contribution in [1.82, 2.24) is 0 Å². The van der Waals surface area contributed by atoms with Gasteiger partial charge < -0.3 is 1.43 Å². The molecular weight excluding hydrogens is 91.0 g/mol. The van der Waals surface area contributed by atoms with Crippen molar-refractivity contribution in [1.29, 1.82) is 4.78 Å². The van der Waals surface area contributed by atoms with Crippen molar-refractivity contribution in [3.63, 3.8) is 0 Å². The van der Waals surface area contributed by atoms with E-state index in [1.807, 2.05) is 0 Å². The number of nitrogens with one attached hydrogen (secondary N) is 1. The van der Waals surface area contributed by atoms with Crippen LogP contribution in [0.5, 0.6) is 0 Å². The number of halogens is 2. The van der Waals surface area contributed by atoms with Crippen LogP contribution in [-0.2, 0) is 11.5 Å². The Morgan fingerprint density at radius 3 is 1.60 bits per heavy atom. The summed E-state index contributed by atoms with van der Waals surface area (Å²) in [5.74, 6) is 0. The normalized spacial score (nSPS) is 7.00. The Kier molecular flexibility index (Phi) is 8.43. The summed E-state index contributed by atoms with van der Waals surface area (Å²) in [6.07, 6.45) is 0. The maximum atomic E-state index is 10.0. The molecule has 0 amide bonds. The Labute approximate surface area is 44.9 Å². The predicted molar refractivity (Wildman–Crippen MR) is 13.4 cm³/mol. The van der Waals surface area contributed by atoms with E-state index in [0.29, 0.717) is 0 Å². The van der Waals surface area contributed by atoms with Gasteiger partial charge in [0.25, 0.3) is 11.5 Å². The van der Waals surface area contributed by atoms with Crippen LogP contribution in [0, 0.1) is 4.78 Å². The van der Waals surface area contributed by atoms with Crippen molar-refractivity contribution >= 4 is 11.5 Å². The first-order chi connectivity index (χ1) is 1.73. The maximum Gasteiger partial charge on any atom is 1.00 e. The molecule has 28 valence electrons. The summed E-state index contributed by atoms with van der Waals surface area (Å²) >= 11 is -3.11. The van der Waals surface area contributed by atoms with Crippen LogP contribution < -0.4 is 18.9 Å². The molecule has 0 bridgehead atoms. The molecule has 0 aliphatic rings. The van der Waals surface area contributed by atoms with Crippen LogP contribution in [-0.4, -0.2) is 0 Å². The SMILES string of the molecule is N=S(F)F.[H-].[Li+]. The Hall–Kier alpha value is 0.607. The van der Waals surface area contributed by atoms with Crippen molar-refractivity contribution in [2.45, 2.75) is 0 Å². The van der Waals surface area contributed by atoms with Gasteiger partial charge in [-0.2, -0.15) is 0 Å². The summed E-state index contributed by atoms with van der Waals surface area (Å²) in [7, 11) is 0. The molecule has 0 radical (unpaired) electrons. The van der Waals surface area contributed by atoms with Crippen molar-refractivity contribution < 1.29 is 28.1 Å². The first-order valence-electron chi connectivity index (χ1n) is 0.513. The number of hydrogen-bond acceptors (Lipinski definition) is 1. The van der Waals surface area contributed by atoms with Crippen molar-refractivity contribution in [2.75, 3.05) is 0 Å². The van der Waals surface area contributed by atoms with E-state index in [0.717, 1.165) is 0 Å². The zero-order valence-electron chi connectivity index (χ0n) is 3.66. The molecule has 5 heavy (non-hydrogen) atoms. The number of rotatable bonds is 0. The quantitative estimate of drug-likeness (QED) is 0.343. The van der Waals surface area contributed by atoms with E-state index in [-0.39, 0.29) is 20.3 Å². The van der Waals surface area contributed by atoms with Gasteiger partial charge in [0.1, 0.15) is 0 Å². The molecule has 0 unspecified atom stereocenters. The minimum atomic E-state index is -3.11. The Morgan fingerprint density at radius 1 is 1.60 bits per heavy atom. The summed E-state index contributed by atoms with van der Waals surface area (Å²) in [5.41, 5.74) is 0. The molecule has 0 saturated heterocycles. The molecule has 5 heteroatoms. The molecule has 0 heterocycles. The second-order valence-corrected chi connectivity index (χ2v) is 0.638. The fourth-order valence-corrected chi connectivity index (χ4v) is 0. The van der Waals surface area contributed by atoms with E-state index in [2.05, 4.69) is 0 Å². The fraction of sp³-hybridized carbons (Fsp3) is 0. The van der Waals surface area contributed by atoms with Crippen LogP contribution >= 0.6 is 0 Å². The third-order valence-electron chi connectivity index (χ3n) is 0. The third-order valence-corrected chi connectivity index (χ3v) is 0. The molecule has 1 N–H and O–H groups in total. The van der Waals surface area contributed by atoms with Gasteiger partial charge in [-0.25, -0.2) is 4.78 Å². The van der Waals surface area contributed by atoms with Crippen LogP contribution in [0.15, 0.2) is 0 Å². The molecule has 0 aromatic heterocycles. The van der Waals surface area contributed by atoms with E-state index in [4.69, 9.17) is 4.78 Å². The summed E-state index contributed by atoms with van der Waals surface area (Å²) in [5, 5.41) is 0. The summed E-state index contributed by atoms with van der Waals surface area (Å²) in [6.45, 7) is 0. The Morgan fingerprint density at radius 2 is 1.60 bits per heavy atom. The maximum absolute atomic E-state index is 10.0. The second-order valence-electron chi connectivity index (χ2n) is 0.213. The molecule has 0 aliphatic carbocycles. The van der Waals surface area contributed by atoms with E-state index < -0.39 is 11.5 Å². The molecule has 0 saturated carbocycles. The van der Waals surface area contributed by atoms with Crippen LogP contribution in [0.1, 0.15) is 1.43 Å². The van der Waals surface area contributed by atoms with Gasteiger partial charge in [-0.3, -0.25) is 0 Å². The largest absolute Gasteiger partial charge is 1.00 e. The van der Waals surface area contributed by atoms with Gasteiger partial charge in [0.05, 0.1) is 0 Å². The molecule has 0 rings (SSSR count). The van der Waals surface area contributed by atoms with E-state index >= 15 is 0 Å². The van der Waals surface area contributed by atoms with Crippen molar-refractivity contribution in [3.8, 4) is 0 Å². The third kappa shape index (κ3) is 84.9.